The first kappa shape index (κ1) is 14.9. The smallest absolute Gasteiger partial charge is 0.176 e. The average Bonchev–Trinajstić information content (AvgIpc) is 2.87. The first-order chi connectivity index (χ1) is 9.63. The summed E-state index contributed by atoms with van der Waals surface area (Å²) < 4.78 is 11.2. The van der Waals surface area contributed by atoms with Crippen LogP contribution in [0, 0.1) is 5.92 Å². The van der Waals surface area contributed by atoms with Gasteiger partial charge in [0, 0.05) is 11.4 Å². The first-order valence-electron chi connectivity index (χ1n) is 7.42. The molecular weight excluding hydrogens is 250 g/mol. The highest BCUT2D eigenvalue weighted by Gasteiger charge is 2.10. The van der Waals surface area contributed by atoms with Crippen LogP contribution in [0.3, 0.4) is 0 Å². The van der Waals surface area contributed by atoms with Crippen LogP contribution in [0.2, 0.25) is 0 Å². The number of hydrogen-bond donors (Lipinski definition) is 1. The molecule has 0 fully saturated rings. The molecule has 3 nitrogen and oxygen atoms in total. The topological polar surface area (TPSA) is 34.4 Å². The number of para-hydroxylation sites is 1. The Bertz CT molecular complexity index is 547. The lowest BCUT2D eigenvalue weighted by Crippen LogP contribution is -2.27. The number of ether oxygens (including phenoxy) is 1. The maximum absolute atomic E-state index is 5.88. The summed E-state index contributed by atoms with van der Waals surface area (Å²) in [6.07, 6.45) is 2.42. The lowest BCUT2D eigenvalue weighted by molar-refractivity contribution is 0.388. The van der Waals surface area contributed by atoms with Crippen LogP contribution in [0.25, 0.3) is 11.0 Å². The van der Waals surface area contributed by atoms with E-state index >= 15 is 0 Å². The Hall–Kier alpha value is -1.48. The predicted molar refractivity (Wildman–Crippen MR) is 83.1 cm³/mol. The van der Waals surface area contributed by atoms with E-state index in [-0.39, 0.29) is 0 Å². The zero-order valence-corrected chi connectivity index (χ0v) is 12.9. The van der Waals surface area contributed by atoms with Crippen molar-refractivity contribution in [2.45, 2.75) is 46.2 Å². The molecule has 2 unspecified atom stereocenters. The Morgan fingerprint density at radius 2 is 2.10 bits per heavy atom. The maximum Gasteiger partial charge on any atom is 0.176 e. The Labute approximate surface area is 121 Å². The number of furan rings is 1. The number of methoxy groups -OCH3 is 1. The number of rotatable bonds is 7. The molecule has 0 amide bonds. The third-order valence-corrected chi connectivity index (χ3v) is 3.86. The third kappa shape index (κ3) is 3.54. The molecule has 110 valence electrons. The summed E-state index contributed by atoms with van der Waals surface area (Å²) in [5.41, 5.74) is 0.835. The molecule has 1 N–H and O–H groups in total. The number of benzene rings is 1. The van der Waals surface area contributed by atoms with Gasteiger partial charge >= 0.3 is 0 Å². The van der Waals surface area contributed by atoms with Crippen molar-refractivity contribution in [3.63, 3.8) is 0 Å². The fourth-order valence-electron chi connectivity index (χ4n) is 2.47. The minimum absolute atomic E-state index is 0.500. The summed E-state index contributed by atoms with van der Waals surface area (Å²) in [5, 5.41) is 4.62. The minimum atomic E-state index is 0.500. The van der Waals surface area contributed by atoms with E-state index in [2.05, 4.69) is 32.2 Å². The fraction of sp³-hybridized carbons (Fsp3) is 0.529. The summed E-state index contributed by atoms with van der Waals surface area (Å²) >= 11 is 0. The molecule has 20 heavy (non-hydrogen) atoms. The normalized spacial score (nSPS) is 14.4. The quantitative estimate of drug-likeness (QED) is 0.815. The summed E-state index contributed by atoms with van der Waals surface area (Å²) in [6.45, 7) is 7.53. The standard InChI is InChI=1S/C17H25NO2/c1-5-12(2)9-13(3)18-11-15-10-14-7-6-8-16(19-4)17(14)20-15/h6-8,10,12-13,18H,5,9,11H2,1-4H3. The van der Waals surface area contributed by atoms with E-state index in [1.807, 2.05) is 18.2 Å². The van der Waals surface area contributed by atoms with Crippen LogP contribution in [-0.4, -0.2) is 13.2 Å². The van der Waals surface area contributed by atoms with Crippen molar-refractivity contribution < 1.29 is 9.15 Å². The van der Waals surface area contributed by atoms with E-state index in [0.717, 1.165) is 34.9 Å². The van der Waals surface area contributed by atoms with Crippen LogP contribution >= 0.6 is 0 Å². The average molecular weight is 275 g/mol. The molecule has 0 aliphatic heterocycles. The number of hydrogen-bond acceptors (Lipinski definition) is 3. The predicted octanol–water partition coefficient (Wildman–Crippen LogP) is 4.36. The van der Waals surface area contributed by atoms with Crippen LogP contribution < -0.4 is 10.1 Å². The molecule has 0 saturated heterocycles. The number of fused-ring (bicyclic) bond motifs is 1. The zero-order chi connectivity index (χ0) is 14.5. The Kier molecular flexibility index (Phi) is 5.07. The van der Waals surface area contributed by atoms with E-state index < -0.39 is 0 Å². The lowest BCUT2D eigenvalue weighted by atomic mass is 10.0. The van der Waals surface area contributed by atoms with Gasteiger partial charge < -0.3 is 14.5 Å². The maximum atomic E-state index is 5.88. The second-order valence-corrected chi connectivity index (χ2v) is 5.62. The molecule has 0 bridgehead atoms. The summed E-state index contributed by atoms with van der Waals surface area (Å²) in [4.78, 5) is 0. The molecule has 1 aromatic carbocycles. The highest BCUT2D eigenvalue weighted by molar-refractivity contribution is 5.83. The number of nitrogens with one attached hydrogen (secondary N) is 1. The largest absolute Gasteiger partial charge is 0.493 e. The molecule has 2 aromatic rings. The molecule has 3 heteroatoms. The first-order valence-corrected chi connectivity index (χ1v) is 7.42. The minimum Gasteiger partial charge on any atom is -0.493 e. The van der Waals surface area contributed by atoms with Crippen molar-refractivity contribution in [1.29, 1.82) is 0 Å². The van der Waals surface area contributed by atoms with Gasteiger partial charge in [0.25, 0.3) is 0 Å². The van der Waals surface area contributed by atoms with Gasteiger partial charge in [-0.3, -0.25) is 0 Å². The van der Waals surface area contributed by atoms with Gasteiger partial charge in [0.15, 0.2) is 11.3 Å². The Morgan fingerprint density at radius 3 is 2.80 bits per heavy atom. The van der Waals surface area contributed by atoms with E-state index in [0.29, 0.717) is 6.04 Å². The van der Waals surface area contributed by atoms with E-state index in [1.165, 1.54) is 12.8 Å². The van der Waals surface area contributed by atoms with Crippen molar-refractivity contribution in [2.24, 2.45) is 5.92 Å². The zero-order valence-electron chi connectivity index (χ0n) is 12.9. The molecule has 2 atom stereocenters. The van der Waals surface area contributed by atoms with Crippen molar-refractivity contribution >= 4 is 11.0 Å². The molecule has 1 heterocycles. The molecular formula is C17H25NO2. The van der Waals surface area contributed by atoms with Gasteiger partial charge in [-0.1, -0.05) is 32.4 Å². The van der Waals surface area contributed by atoms with Crippen LogP contribution in [0.1, 0.15) is 39.4 Å². The van der Waals surface area contributed by atoms with Gasteiger partial charge in [-0.15, -0.1) is 0 Å². The summed E-state index contributed by atoms with van der Waals surface area (Å²) in [7, 11) is 1.67. The molecule has 0 radical (unpaired) electrons. The van der Waals surface area contributed by atoms with E-state index in [9.17, 15) is 0 Å². The van der Waals surface area contributed by atoms with Crippen LogP contribution in [0.4, 0.5) is 0 Å². The van der Waals surface area contributed by atoms with Crippen LogP contribution in [0.15, 0.2) is 28.7 Å². The summed E-state index contributed by atoms with van der Waals surface area (Å²) in [6, 6.07) is 8.54. The Morgan fingerprint density at radius 1 is 1.30 bits per heavy atom. The van der Waals surface area contributed by atoms with Crippen molar-refractivity contribution in [1.82, 2.24) is 5.32 Å². The van der Waals surface area contributed by atoms with E-state index in [4.69, 9.17) is 9.15 Å². The molecule has 1 aromatic heterocycles. The van der Waals surface area contributed by atoms with Gasteiger partial charge in [-0.2, -0.15) is 0 Å². The SMILES string of the molecule is CCC(C)CC(C)NCc1cc2cccc(OC)c2o1. The highest BCUT2D eigenvalue weighted by atomic mass is 16.5. The molecule has 2 rings (SSSR count). The van der Waals surface area contributed by atoms with E-state index in [1.54, 1.807) is 7.11 Å². The van der Waals surface area contributed by atoms with Crippen molar-refractivity contribution in [3.05, 3.63) is 30.0 Å². The van der Waals surface area contributed by atoms with Gasteiger partial charge in [0.2, 0.25) is 0 Å². The van der Waals surface area contributed by atoms with Crippen LogP contribution in [0.5, 0.6) is 5.75 Å². The molecule has 0 spiro atoms. The monoisotopic (exact) mass is 275 g/mol. The van der Waals surface area contributed by atoms with Crippen molar-refractivity contribution in [3.8, 4) is 5.75 Å². The third-order valence-electron chi connectivity index (χ3n) is 3.86. The molecule has 0 saturated carbocycles. The van der Waals surface area contributed by atoms with Gasteiger partial charge in [-0.05, 0) is 31.4 Å². The van der Waals surface area contributed by atoms with Gasteiger partial charge in [-0.25, -0.2) is 0 Å². The van der Waals surface area contributed by atoms with Gasteiger partial charge in [0.1, 0.15) is 5.76 Å². The molecule has 0 aliphatic rings. The Balaban J connectivity index is 2.00. The second kappa shape index (κ2) is 6.80. The fourth-order valence-corrected chi connectivity index (χ4v) is 2.47. The van der Waals surface area contributed by atoms with Crippen LogP contribution in [-0.2, 0) is 6.54 Å². The summed E-state index contributed by atoms with van der Waals surface area (Å²) in [5.74, 6) is 2.51. The second-order valence-electron chi connectivity index (χ2n) is 5.62. The van der Waals surface area contributed by atoms with Crippen molar-refractivity contribution in [2.75, 3.05) is 7.11 Å². The lowest BCUT2D eigenvalue weighted by Gasteiger charge is -2.16. The highest BCUT2D eigenvalue weighted by Crippen LogP contribution is 2.28. The van der Waals surface area contributed by atoms with Gasteiger partial charge in [0.05, 0.1) is 13.7 Å². The molecule has 0 aliphatic carbocycles.